The van der Waals surface area contributed by atoms with E-state index in [4.69, 9.17) is 5.73 Å². The molecule has 0 saturated heterocycles. The van der Waals surface area contributed by atoms with Crippen molar-refractivity contribution in [3.63, 3.8) is 0 Å². The number of hydrogen-bond donors (Lipinski definition) is 2. The lowest BCUT2D eigenvalue weighted by atomic mass is 9.98. The first kappa shape index (κ1) is 15.9. The molecule has 1 aliphatic heterocycles. The molecule has 114 valence electrons. The van der Waals surface area contributed by atoms with Gasteiger partial charge in [-0.05, 0) is 42.5 Å². The maximum Gasteiger partial charge on any atom is 0.253 e. The highest BCUT2D eigenvalue weighted by Gasteiger charge is 2.22. The van der Waals surface area contributed by atoms with Gasteiger partial charge >= 0.3 is 0 Å². The molecule has 0 unspecified atom stereocenters. The molecule has 0 bridgehead atoms. The summed E-state index contributed by atoms with van der Waals surface area (Å²) in [5, 5.41) is 2.79. The van der Waals surface area contributed by atoms with E-state index in [9.17, 15) is 9.59 Å². The number of fused-ring (bicyclic) bond motifs is 1. The van der Waals surface area contributed by atoms with Crippen LogP contribution in [0.2, 0.25) is 0 Å². The summed E-state index contributed by atoms with van der Waals surface area (Å²) < 4.78 is 0. The highest BCUT2D eigenvalue weighted by atomic mass is 32.2. The summed E-state index contributed by atoms with van der Waals surface area (Å²) in [7, 11) is 1.79. The van der Waals surface area contributed by atoms with Gasteiger partial charge in [-0.25, -0.2) is 0 Å². The van der Waals surface area contributed by atoms with Crippen LogP contribution < -0.4 is 11.1 Å². The number of nitrogens with zero attached hydrogens (tertiary/aromatic N) is 1. The normalized spacial score (nSPS) is 15.6. The molecule has 5 nitrogen and oxygen atoms in total. The third-order valence-electron chi connectivity index (χ3n) is 3.64. The van der Waals surface area contributed by atoms with Crippen molar-refractivity contribution in [3.05, 3.63) is 29.3 Å². The molecule has 0 spiro atoms. The summed E-state index contributed by atoms with van der Waals surface area (Å²) in [4.78, 5) is 25.8. The Kier molecular flexibility index (Phi) is 5.25. The van der Waals surface area contributed by atoms with Crippen LogP contribution >= 0.6 is 11.8 Å². The minimum absolute atomic E-state index is 0.000898. The molecule has 0 aromatic heterocycles. The Balaban J connectivity index is 2.08. The summed E-state index contributed by atoms with van der Waals surface area (Å²) in [5.74, 6) is 0.641. The molecule has 1 aliphatic rings. The van der Waals surface area contributed by atoms with Crippen molar-refractivity contribution < 1.29 is 9.59 Å². The minimum Gasteiger partial charge on any atom is -0.341 e. The Morgan fingerprint density at radius 1 is 1.52 bits per heavy atom. The second-order valence-corrected chi connectivity index (χ2v) is 6.21. The van der Waals surface area contributed by atoms with Crippen molar-refractivity contribution in [1.82, 2.24) is 4.90 Å². The maximum absolute atomic E-state index is 12.1. The Bertz CT molecular complexity index is 548. The fourth-order valence-corrected chi connectivity index (χ4v) is 2.77. The molecule has 0 saturated carbocycles. The van der Waals surface area contributed by atoms with E-state index in [-0.39, 0.29) is 11.8 Å². The number of amides is 2. The van der Waals surface area contributed by atoms with Crippen LogP contribution in [0.5, 0.6) is 0 Å². The highest BCUT2D eigenvalue weighted by Crippen LogP contribution is 2.22. The number of benzene rings is 1. The molecule has 0 fully saturated rings. The number of rotatable bonds is 5. The topological polar surface area (TPSA) is 75.4 Å². The lowest BCUT2D eigenvalue weighted by Crippen LogP contribution is -2.36. The molecule has 2 amide bonds. The third-order valence-corrected chi connectivity index (χ3v) is 4.28. The van der Waals surface area contributed by atoms with Crippen LogP contribution in [0.15, 0.2) is 18.2 Å². The maximum atomic E-state index is 12.1. The second-order valence-electron chi connectivity index (χ2n) is 5.23. The van der Waals surface area contributed by atoms with Crippen LogP contribution in [0, 0.1) is 0 Å². The van der Waals surface area contributed by atoms with Gasteiger partial charge in [0.2, 0.25) is 5.91 Å². The van der Waals surface area contributed by atoms with Crippen LogP contribution in [0.4, 0.5) is 5.69 Å². The SMILES string of the molecule is CSCC[C@H](N)C(=O)Nc1ccc2c(c1)C(=O)N(C)CC2. The quantitative estimate of drug-likeness (QED) is 0.860. The molecule has 21 heavy (non-hydrogen) atoms. The Morgan fingerprint density at radius 2 is 2.29 bits per heavy atom. The van der Waals surface area contributed by atoms with Gasteiger partial charge < -0.3 is 16.0 Å². The van der Waals surface area contributed by atoms with E-state index in [2.05, 4.69) is 5.32 Å². The monoisotopic (exact) mass is 307 g/mol. The average molecular weight is 307 g/mol. The number of carbonyl (C=O) groups excluding carboxylic acids is 2. The molecule has 1 heterocycles. The van der Waals surface area contributed by atoms with E-state index in [1.807, 2.05) is 18.4 Å². The number of hydrogen-bond acceptors (Lipinski definition) is 4. The van der Waals surface area contributed by atoms with Gasteiger partial charge in [-0.15, -0.1) is 0 Å². The van der Waals surface area contributed by atoms with Crippen molar-refractivity contribution in [2.45, 2.75) is 18.9 Å². The summed E-state index contributed by atoms with van der Waals surface area (Å²) >= 11 is 1.66. The second kappa shape index (κ2) is 6.95. The molecular formula is C15H21N3O2S. The van der Waals surface area contributed by atoms with Gasteiger partial charge in [0, 0.05) is 24.8 Å². The molecular weight excluding hydrogens is 286 g/mol. The Hall–Kier alpha value is -1.53. The van der Waals surface area contributed by atoms with Gasteiger partial charge in [0.15, 0.2) is 0 Å². The largest absolute Gasteiger partial charge is 0.341 e. The van der Waals surface area contributed by atoms with Crippen molar-refractivity contribution in [1.29, 1.82) is 0 Å². The molecule has 3 N–H and O–H groups in total. The van der Waals surface area contributed by atoms with Gasteiger partial charge in [0.1, 0.15) is 0 Å². The smallest absolute Gasteiger partial charge is 0.253 e. The standard InChI is InChI=1S/C15H21N3O2S/c1-18-7-5-10-3-4-11(9-12(10)15(18)20)17-14(19)13(16)6-8-21-2/h3-4,9,13H,5-8,16H2,1-2H3,(H,17,19)/t13-/m0/s1. The summed E-state index contributed by atoms with van der Waals surface area (Å²) in [6.45, 7) is 0.733. The zero-order valence-electron chi connectivity index (χ0n) is 12.4. The van der Waals surface area contributed by atoms with Crippen molar-refractivity contribution in [3.8, 4) is 0 Å². The number of nitrogens with one attached hydrogen (secondary N) is 1. The van der Waals surface area contributed by atoms with E-state index in [0.29, 0.717) is 17.7 Å². The molecule has 1 aromatic carbocycles. The third kappa shape index (κ3) is 3.77. The van der Waals surface area contributed by atoms with Crippen LogP contribution in [0.25, 0.3) is 0 Å². The summed E-state index contributed by atoms with van der Waals surface area (Å²) in [6, 6.07) is 4.96. The summed E-state index contributed by atoms with van der Waals surface area (Å²) in [6.07, 6.45) is 3.47. The van der Waals surface area contributed by atoms with E-state index in [1.54, 1.807) is 29.8 Å². The Labute approximate surface area is 129 Å². The van der Waals surface area contributed by atoms with E-state index in [1.165, 1.54) is 0 Å². The number of anilines is 1. The van der Waals surface area contributed by atoms with Crippen LogP contribution in [-0.4, -0.2) is 48.4 Å². The zero-order chi connectivity index (χ0) is 15.4. The highest BCUT2D eigenvalue weighted by molar-refractivity contribution is 7.98. The lowest BCUT2D eigenvalue weighted by Gasteiger charge is -2.25. The first-order valence-electron chi connectivity index (χ1n) is 6.96. The van der Waals surface area contributed by atoms with Crippen molar-refractivity contribution in [2.75, 3.05) is 30.9 Å². The first-order valence-corrected chi connectivity index (χ1v) is 8.36. The van der Waals surface area contributed by atoms with Gasteiger partial charge in [-0.3, -0.25) is 9.59 Å². The molecule has 6 heteroatoms. The van der Waals surface area contributed by atoms with Gasteiger partial charge in [0.05, 0.1) is 6.04 Å². The first-order chi connectivity index (χ1) is 10.0. The van der Waals surface area contributed by atoms with E-state index in [0.717, 1.165) is 24.3 Å². The molecule has 2 rings (SSSR count). The van der Waals surface area contributed by atoms with Crippen LogP contribution in [-0.2, 0) is 11.2 Å². The minimum atomic E-state index is -0.521. The zero-order valence-corrected chi connectivity index (χ0v) is 13.2. The van der Waals surface area contributed by atoms with Gasteiger partial charge in [-0.2, -0.15) is 11.8 Å². The van der Waals surface area contributed by atoms with Crippen LogP contribution in [0.3, 0.4) is 0 Å². The summed E-state index contributed by atoms with van der Waals surface area (Å²) in [5.41, 5.74) is 8.16. The number of nitrogens with two attached hydrogens (primary N) is 1. The number of likely N-dealkylation sites (N-methyl/N-ethyl adjacent to an activating group) is 1. The van der Waals surface area contributed by atoms with E-state index >= 15 is 0 Å². The average Bonchev–Trinajstić information content (AvgIpc) is 2.49. The predicted molar refractivity (Wildman–Crippen MR) is 86.7 cm³/mol. The van der Waals surface area contributed by atoms with Crippen molar-refractivity contribution in [2.24, 2.45) is 5.73 Å². The number of thioether (sulfide) groups is 1. The molecule has 1 aromatic rings. The number of carbonyl (C=O) groups is 2. The molecule has 1 atom stereocenters. The van der Waals surface area contributed by atoms with Crippen LogP contribution in [0.1, 0.15) is 22.3 Å². The fraction of sp³-hybridized carbons (Fsp3) is 0.467. The molecule has 0 radical (unpaired) electrons. The lowest BCUT2D eigenvalue weighted by molar-refractivity contribution is -0.117. The van der Waals surface area contributed by atoms with Gasteiger partial charge in [0.25, 0.3) is 5.91 Å². The van der Waals surface area contributed by atoms with E-state index < -0.39 is 6.04 Å². The fourth-order valence-electron chi connectivity index (χ4n) is 2.28. The predicted octanol–water partition coefficient (Wildman–Crippen LogP) is 1.33. The Morgan fingerprint density at radius 3 is 3.00 bits per heavy atom. The van der Waals surface area contributed by atoms with Gasteiger partial charge in [-0.1, -0.05) is 6.07 Å². The molecule has 0 aliphatic carbocycles. The van der Waals surface area contributed by atoms with Crippen molar-refractivity contribution >= 4 is 29.3 Å².